The zero-order valence-corrected chi connectivity index (χ0v) is 13.1. The molecule has 6 heteroatoms. The van der Waals surface area contributed by atoms with Crippen LogP contribution >= 0.6 is 0 Å². The fraction of sp³-hybridized carbons (Fsp3) is 1.00. The van der Waals surface area contributed by atoms with Crippen LogP contribution in [-0.2, 0) is 10.2 Å². The maximum atomic E-state index is 12.7. The number of nitrogens with zero attached hydrogens (tertiary/aromatic N) is 2. The van der Waals surface area contributed by atoms with Crippen molar-refractivity contribution in [2.45, 2.75) is 51.6 Å². The van der Waals surface area contributed by atoms with Gasteiger partial charge in [0.2, 0.25) is 0 Å². The van der Waals surface area contributed by atoms with Crippen LogP contribution < -0.4 is 5.32 Å². The Morgan fingerprint density at radius 3 is 2.42 bits per heavy atom. The van der Waals surface area contributed by atoms with Crippen LogP contribution in [-0.4, -0.2) is 55.8 Å². The molecule has 0 aromatic heterocycles. The second-order valence-electron chi connectivity index (χ2n) is 6.03. The summed E-state index contributed by atoms with van der Waals surface area (Å²) < 4.78 is 28.6. The highest BCUT2D eigenvalue weighted by atomic mass is 32.2. The topological polar surface area (TPSA) is 52.7 Å². The molecular weight excluding hydrogens is 262 g/mol. The summed E-state index contributed by atoms with van der Waals surface area (Å²) in [7, 11) is -1.60. The number of piperidine rings is 1. The van der Waals surface area contributed by atoms with Crippen LogP contribution in [0.25, 0.3) is 0 Å². The third kappa shape index (κ3) is 3.12. The van der Waals surface area contributed by atoms with E-state index in [1.807, 2.05) is 13.8 Å². The summed E-state index contributed by atoms with van der Waals surface area (Å²) in [6.45, 7) is 6.58. The molecule has 0 saturated carbocycles. The molecule has 0 spiro atoms. The molecule has 2 fully saturated rings. The highest BCUT2D eigenvalue weighted by molar-refractivity contribution is 7.86. The average molecular weight is 289 g/mol. The van der Waals surface area contributed by atoms with Crippen LogP contribution in [0.3, 0.4) is 0 Å². The fourth-order valence-electron chi connectivity index (χ4n) is 3.18. The predicted molar refractivity (Wildman–Crippen MR) is 77.1 cm³/mol. The second-order valence-corrected chi connectivity index (χ2v) is 7.97. The first-order chi connectivity index (χ1) is 8.94. The zero-order valence-electron chi connectivity index (χ0n) is 12.3. The molecule has 2 aliphatic rings. The molecule has 0 bridgehead atoms. The Morgan fingerprint density at radius 2 is 1.84 bits per heavy atom. The van der Waals surface area contributed by atoms with Gasteiger partial charge in [-0.25, -0.2) is 0 Å². The molecule has 1 atom stereocenters. The van der Waals surface area contributed by atoms with E-state index in [4.69, 9.17) is 0 Å². The van der Waals surface area contributed by atoms with Gasteiger partial charge in [-0.05, 0) is 58.5 Å². The van der Waals surface area contributed by atoms with Crippen LogP contribution in [0, 0.1) is 5.92 Å². The summed E-state index contributed by atoms with van der Waals surface area (Å²) in [5, 5.41) is 3.35. The van der Waals surface area contributed by atoms with Gasteiger partial charge in [-0.1, -0.05) is 0 Å². The first kappa shape index (κ1) is 15.2. The van der Waals surface area contributed by atoms with Crippen molar-refractivity contribution in [1.29, 1.82) is 0 Å². The third-order valence-corrected chi connectivity index (χ3v) is 6.76. The molecule has 1 unspecified atom stereocenters. The van der Waals surface area contributed by atoms with Crippen molar-refractivity contribution < 1.29 is 8.42 Å². The minimum absolute atomic E-state index is 0.0132. The summed E-state index contributed by atoms with van der Waals surface area (Å²) in [5.41, 5.74) is 0. The maximum absolute atomic E-state index is 12.7. The average Bonchev–Trinajstić information content (AvgIpc) is 2.88. The number of hydrogen-bond donors (Lipinski definition) is 1. The van der Waals surface area contributed by atoms with Crippen LogP contribution in [0.5, 0.6) is 0 Å². The van der Waals surface area contributed by atoms with E-state index in [1.54, 1.807) is 11.4 Å². The quantitative estimate of drug-likeness (QED) is 0.841. The number of hydrogen-bond acceptors (Lipinski definition) is 3. The summed E-state index contributed by atoms with van der Waals surface area (Å²) in [4.78, 5) is 0. The SMILES string of the molecule is CC(C)N(C)S(=O)(=O)N1CCCC1C1CCNCC1. The van der Waals surface area contributed by atoms with Gasteiger partial charge >= 0.3 is 0 Å². The van der Waals surface area contributed by atoms with E-state index in [2.05, 4.69) is 5.32 Å². The molecule has 112 valence electrons. The molecule has 0 aromatic carbocycles. The lowest BCUT2D eigenvalue weighted by Crippen LogP contribution is -2.50. The van der Waals surface area contributed by atoms with Crippen molar-refractivity contribution in [3.63, 3.8) is 0 Å². The van der Waals surface area contributed by atoms with Gasteiger partial charge in [-0.15, -0.1) is 0 Å². The molecule has 0 aromatic rings. The van der Waals surface area contributed by atoms with E-state index in [0.717, 1.165) is 38.8 Å². The monoisotopic (exact) mass is 289 g/mol. The highest BCUT2D eigenvalue weighted by Gasteiger charge is 2.41. The zero-order chi connectivity index (χ0) is 14.0. The highest BCUT2D eigenvalue weighted by Crippen LogP contribution is 2.32. The molecule has 2 aliphatic heterocycles. The minimum Gasteiger partial charge on any atom is -0.317 e. The van der Waals surface area contributed by atoms with Crippen molar-refractivity contribution in [2.24, 2.45) is 5.92 Å². The van der Waals surface area contributed by atoms with E-state index in [1.165, 1.54) is 4.31 Å². The Labute approximate surface area is 117 Å². The molecule has 5 nitrogen and oxygen atoms in total. The van der Waals surface area contributed by atoms with Gasteiger partial charge < -0.3 is 5.32 Å². The molecule has 1 N–H and O–H groups in total. The Balaban J connectivity index is 2.13. The lowest BCUT2D eigenvalue weighted by Gasteiger charge is -2.36. The van der Waals surface area contributed by atoms with Crippen molar-refractivity contribution in [2.75, 3.05) is 26.7 Å². The van der Waals surface area contributed by atoms with Crippen LogP contribution in [0.4, 0.5) is 0 Å². The Morgan fingerprint density at radius 1 is 1.21 bits per heavy atom. The smallest absolute Gasteiger partial charge is 0.282 e. The number of nitrogens with one attached hydrogen (secondary N) is 1. The predicted octanol–water partition coefficient (Wildman–Crippen LogP) is 1.04. The maximum Gasteiger partial charge on any atom is 0.282 e. The van der Waals surface area contributed by atoms with Gasteiger partial charge in [0.1, 0.15) is 0 Å². The molecule has 0 amide bonds. The summed E-state index contributed by atoms with van der Waals surface area (Å²) in [5.74, 6) is 0.527. The van der Waals surface area contributed by atoms with E-state index < -0.39 is 10.2 Å². The molecular formula is C13H27N3O2S. The number of rotatable bonds is 4. The van der Waals surface area contributed by atoms with Crippen LogP contribution in [0.2, 0.25) is 0 Å². The Kier molecular flexibility index (Phi) is 4.87. The van der Waals surface area contributed by atoms with Crippen molar-refractivity contribution >= 4 is 10.2 Å². The fourth-order valence-corrected chi connectivity index (χ4v) is 5.03. The van der Waals surface area contributed by atoms with E-state index >= 15 is 0 Å². The van der Waals surface area contributed by atoms with Gasteiger partial charge in [0.15, 0.2) is 0 Å². The third-order valence-electron chi connectivity index (χ3n) is 4.56. The van der Waals surface area contributed by atoms with Gasteiger partial charge in [0, 0.05) is 25.7 Å². The van der Waals surface area contributed by atoms with Crippen molar-refractivity contribution in [3.8, 4) is 0 Å². The van der Waals surface area contributed by atoms with Crippen molar-refractivity contribution in [1.82, 2.24) is 13.9 Å². The Hall–Kier alpha value is -0.170. The van der Waals surface area contributed by atoms with E-state index in [-0.39, 0.29) is 12.1 Å². The Bertz CT molecular complexity index is 391. The second kappa shape index (κ2) is 6.08. The van der Waals surface area contributed by atoms with Crippen LogP contribution in [0.15, 0.2) is 0 Å². The minimum atomic E-state index is -3.29. The van der Waals surface area contributed by atoms with E-state index in [0.29, 0.717) is 12.5 Å². The standard InChI is InChI=1S/C13H27N3O2S/c1-11(2)15(3)19(17,18)16-10-4-5-13(16)12-6-8-14-9-7-12/h11-14H,4-10H2,1-3H3. The van der Waals surface area contributed by atoms with Crippen molar-refractivity contribution in [3.05, 3.63) is 0 Å². The first-order valence-corrected chi connectivity index (χ1v) is 8.80. The lowest BCUT2D eigenvalue weighted by atomic mass is 9.89. The molecule has 0 radical (unpaired) electrons. The molecule has 19 heavy (non-hydrogen) atoms. The molecule has 2 rings (SSSR count). The van der Waals surface area contributed by atoms with E-state index in [9.17, 15) is 8.42 Å². The van der Waals surface area contributed by atoms with Gasteiger partial charge in [-0.2, -0.15) is 17.0 Å². The summed E-state index contributed by atoms with van der Waals surface area (Å²) in [6.07, 6.45) is 4.22. The lowest BCUT2D eigenvalue weighted by molar-refractivity contribution is 0.222. The van der Waals surface area contributed by atoms with Crippen LogP contribution in [0.1, 0.15) is 39.5 Å². The van der Waals surface area contributed by atoms with Gasteiger partial charge in [-0.3, -0.25) is 0 Å². The van der Waals surface area contributed by atoms with Gasteiger partial charge in [0.05, 0.1) is 0 Å². The first-order valence-electron chi connectivity index (χ1n) is 7.40. The summed E-state index contributed by atoms with van der Waals surface area (Å²) in [6, 6.07) is 0.229. The molecule has 2 heterocycles. The largest absolute Gasteiger partial charge is 0.317 e. The summed E-state index contributed by atoms with van der Waals surface area (Å²) >= 11 is 0. The van der Waals surface area contributed by atoms with Gasteiger partial charge in [0.25, 0.3) is 10.2 Å². The molecule has 2 saturated heterocycles. The normalized spacial score (nSPS) is 27.5. The molecule has 0 aliphatic carbocycles.